The van der Waals surface area contributed by atoms with Crippen molar-refractivity contribution in [3.8, 4) is 0 Å². The minimum Gasteiger partial charge on any atom is -0.478 e. The number of ether oxygens (including phenoxy) is 1. The van der Waals surface area contributed by atoms with Crippen molar-refractivity contribution in [3.63, 3.8) is 0 Å². The van der Waals surface area contributed by atoms with Crippen LogP contribution in [0.4, 0.5) is 0 Å². The van der Waals surface area contributed by atoms with Crippen LogP contribution in [0, 0.1) is 5.92 Å². The van der Waals surface area contributed by atoms with Crippen LogP contribution in [0.25, 0.3) is 0 Å². The van der Waals surface area contributed by atoms with Crippen molar-refractivity contribution in [3.05, 3.63) is 22.5 Å². The number of allylic oxidation sites excluding steroid dienone is 2. The van der Waals surface area contributed by atoms with Gasteiger partial charge in [-0.05, 0) is 20.3 Å². The van der Waals surface area contributed by atoms with Gasteiger partial charge in [0.05, 0.1) is 11.1 Å². The van der Waals surface area contributed by atoms with Gasteiger partial charge in [-0.3, -0.25) is 4.90 Å². The number of hydrogen-bond donors (Lipinski definition) is 2. The summed E-state index contributed by atoms with van der Waals surface area (Å²) in [5.41, 5.74) is 2.08. The summed E-state index contributed by atoms with van der Waals surface area (Å²) in [7, 11) is 0. The minimum atomic E-state index is -0.969. The Balaban J connectivity index is 2.14. The number of esters is 1. The second-order valence-electron chi connectivity index (χ2n) is 6.53. The highest BCUT2D eigenvalue weighted by Gasteiger charge is 2.35. The Bertz CT molecular complexity index is 561. The lowest BCUT2D eigenvalue weighted by molar-refractivity contribution is -0.139. The van der Waals surface area contributed by atoms with Gasteiger partial charge in [-0.1, -0.05) is 26.2 Å². The van der Waals surface area contributed by atoms with Gasteiger partial charge in [0.25, 0.3) is 0 Å². The Kier molecular flexibility index (Phi) is 6.43. The van der Waals surface area contributed by atoms with Crippen LogP contribution in [0.5, 0.6) is 0 Å². The summed E-state index contributed by atoms with van der Waals surface area (Å²) in [6.07, 6.45) is 3.62. The third-order valence-corrected chi connectivity index (χ3v) is 4.61. The lowest BCUT2D eigenvalue weighted by atomic mass is 9.82. The second kappa shape index (κ2) is 8.33. The van der Waals surface area contributed by atoms with Crippen molar-refractivity contribution in [1.29, 1.82) is 0 Å². The number of rotatable bonds is 9. The number of hydrogen-bond acceptors (Lipinski definition) is 5. The molecule has 1 fully saturated rings. The molecular formula is C18H28N2O4. The van der Waals surface area contributed by atoms with Gasteiger partial charge >= 0.3 is 11.9 Å². The lowest BCUT2D eigenvalue weighted by Gasteiger charge is -2.29. The summed E-state index contributed by atoms with van der Waals surface area (Å²) in [5, 5.41) is 12.6. The Morgan fingerprint density at radius 1 is 1.21 bits per heavy atom. The van der Waals surface area contributed by atoms with E-state index >= 15 is 0 Å². The zero-order valence-electron chi connectivity index (χ0n) is 14.9. The largest absolute Gasteiger partial charge is 0.478 e. The van der Waals surface area contributed by atoms with Crippen LogP contribution in [0.2, 0.25) is 0 Å². The molecule has 1 unspecified atom stereocenters. The van der Waals surface area contributed by atoms with Crippen LogP contribution in [0.3, 0.4) is 0 Å². The van der Waals surface area contributed by atoms with Crippen molar-refractivity contribution >= 4 is 11.9 Å². The smallest absolute Gasteiger partial charge is 0.336 e. The van der Waals surface area contributed by atoms with Crippen molar-refractivity contribution in [2.45, 2.75) is 46.5 Å². The molecule has 1 saturated heterocycles. The second-order valence-corrected chi connectivity index (χ2v) is 6.53. The molecule has 6 nitrogen and oxygen atoms in total. The van der Waals surface area contributed by atoms with Gasteiger partial charge in [-0.2, -0.15) is 0 Å². The first-order chi connectivity index (χ1) is 11.5. The van der Waals surface area contributed by atoms with E-state index in [1.54, 1.807) is 6.92 Å². The highest BCUT2D eigenvalue weighted by Crippen LogP contribution is 2.34. The predicted octanol–water partition coefficient (Wildman–Crippen LogP) is 2.28. The van der Waals surface area contributed by atoms with Crippen molar-refractivity contribution < 1.29 is 19.4 Å². The van der Waals surface area contributed by atoms with Crippen LogP contribution >= 0.6 is 0 Å². The van der Waals surface area contributed by atoms with Crippen molar-refractivity contribution in [2.75, 3.05) is 26.2 Å². The van der Waals surface area contributed by atoms with Crippen LogP contribution < -0.4 is 5.32 Å². The number of carboxylic acids is 1. The number of nitrogens with one attached hydrogen (secondary N) is 1. The first-order valence-corrected chi connectivity index (χ1v) is 8.77. The molecule has 6 heteroatoms. The van der Waals surface area contributed by atoms with E-state index in [4.69, 9.17) is 4.74 Å². The molecule has 1 atom stereocenters. The van der Waals surface area contributed by atoms with E-state index < -0.39 is 17.9 Å². The van der Waals surface area contributed by atoms with Crippen LogP contribution in [-0.4, -0.2) is 48.2 Å². The maximum atomic E-state index is 12.6. The maximum Gasteiger partial charge on any atom is 0.336 e. The van der Waals surface area contributed by atoms with Gasteiger partial charge in [0.15, 0.2) is 0 Å². The first-order valence-electron chi connectivity index (χ1n) is 8.77. The summed E-state index contributed by atoms with van der Waals surface area (Å²) in [6.45, 7) is 8.88. The topological polar surface area (TPSA) is 78.6 Å². The molecule has 0 aromatic heterocycles. The molecule has 0 amide bonds. The summed E-state index contributed by atoms with van der Waals surface area (Å²) >= 11 is 0. The fourth-order valence-electron chi connectivity index (χ4n) is 3.21. The zero-order chi connectivity index (χ0) is 17.7. The number of dihydropyridines is 1. The SMILES string of the molecule is CCCCCC1C(C(=O)O)=C(C)NC(C)=C1C(=O)OCCN1CC1. The van der Waals surface area contributed by atoms with E-state index in [0.29, 0.717) is 30.0 Å². The minimum absolute atomic E-state index is 0.287. The lowest BCUT2D eigenvalue weighted by Crippen LogP contribution is -2.33. The molecule has 134 valence electrons. The Labute approximate surface area is 143 Å². The molecule has 0 radical (unpaired) electrons. The highest BCUT2D eigenvalue weighted by molar-refractivity contribution is 5.97. The number of carbonyl (C=O) groups is 2. The highest BCUT2D eigenvalue weighted by atomic mass is 16.5. The van der Waals surface area contributed by atoms with E-state index in [-0.39, 0.29) is 5.57 Å². The molecule has 0 spiro atoms. The molecule has 0 aliphatic carbocycles. The molecule has 2 aliphatic rings. The van der Waals surface area contributed by atoms with E-state index in [2.05, 4.69) is 17.1 Å². The fraction of sp³-hybridized carbons (Fsp3) is 0.667. The quantitative estimate of drug-likeness (QED) is 0.382. The van der Waals surface area contributed by atoms with E-state index in [1.165, 1.54) is 0 Å². The van der Waals surface area contributed by atoms with Crippen LogP contribution in [0.1, 0.15) is 46.5 Å². The van der Waals surface area contributed by atoms with Crippen molar-refractivity contribution in [2.24, 2.45) is 5.92 Å². The molecular weight excluding hydrogens is 308 g/mol. The third kappa shape index (κ3) is 4.60. The van der Waals surface area contributed by atoms with Gasteiger partial charge in [0.2, 0.25) is 0 Å². The number of carboxylic acid groups (broad SMARTS) is 1. The molecule has 2 rings (SSSR count). The van der Waals surface area contributed by atoms with Crippen LogP contribution in [-0.2, 0) is 14.3 Å². The van der Waals surface area contributed by atoms with E-state index in [1.807, 2.05) is 6.92 Å². The summed E-state index contributed by atoms with van der Waals surface area (Å²) in [5.74, 6) is -1.76. The fourth-order valence-corrected chi connectivity index (χ4v) is 3.21. The summed E-state index contributed by atoms with van der Waals surface area (Å²) in [4.78, 5) is 26.5. The van der Waals surface area contributed by atoms with Crippen LogP contribution in [0.15, 0.2) is 22.5 Å². The van der Waals surface area contributed by atoms with Gasteiger partial charge < -0.3 is 15.2 Å². The Morgan fingerprint density at radius 2 is 1.88 bits per heavy atom. The third-order valence-electron chi connectivity index (χ3n) is 4.61. The predicted molar refractivity (Wildman–Crippen MR) is 91.2 cm³/mol. The number of carbonyl (C=O) groups excluding carboxylic acids is 1. The summed E-state index contributed by atoms with van der Waals surface area (Å²) in [6, 6.07) is 0. The van der Waals surface area contributed by atoms with E-state index in [9.17, 15) is 14.7 Å². The standard InChI is InChI=1S/C18H28N2O4/c1-4-5-6-7-14-15(17(21)22)12(2)19-13(3)16(14)18(23)24-11-10-20-8-9-20/h14,19H,4-11H2,1-3H3,(H,21,22). The van der Waals surface area contributed by atoms with Gasteiger partial charge in [0, 0.05) is 36.9 Å². The molecule has 2 heterocycles. The average Bonchev–Trinajstić information content (AvgIpc) is 3.30. The van der Waals surface area contributed by atoms with Gasteiger partial charge in [-0.25, -0.2) is 9.59 Å². The number of nitrogens with zero attached hydrogens (tertiary/aromatic N) is 1. The van der Waals surface area contributed by atoms with Gasteiger partial charge in [0.1, 0.15) is 6.61 Å². The molecule has 24 heavy (non-hydrogen) atoms. The first kappa shape index (κ1) is 18.5. The Hall–Kier alpha value is -1.82. The number of aliphatic carboxylic acids is 1. The van der Waals surface area contributed by atoms with E-state index in [0.717, 1.165) is 38.9 Å². The monoisotopic (exact) mass is 336 g/mol. The molecule has 0 aromatic rings. The van der Waals surface area contributed by atoms with Gasteiger partial charge in [-0.15, -0.1) is 0 Å². The number of unbranched alkanes of at least 4 members (excludes halogenated alkanes) is 2. The van der Waals surface area contributed by atoms with Crippen molar-refractivity contribution in [1.82, 2.24) is 10.2 Å². The molecule has 0 aromatic carbocycles. The molecule has 2 aliphatic heterocycles. The average molecular weight is 336 g/mol. The molecule has 2 N–H and O–H groups in total. The molecule has 0 bridgehead atoms. The maximum absolute atomic E-state index is 12.6. The normalized spacial score (nSPS) is 20.9. The summed E-state index contributed by atoms with van der Waals surface area (Å²) < 4.78 is 5.41. The Morgan fingerprint density at radius 3 is 2.46 bits per heavy atom. The zero-order valence-corrected chi connectivity index (χ0v) is 14.9. The molecule has 0 saturated carbocycles.